The van der Waals surface area contributed by atoms with Gasteiger partial charge in [0.2, 0.25) is 0 Å². The summed E-state index contributed by atoms with van der Waals surface area (Å²) >= 11 is 10.3. The zero-order chi connectivity index (χ0) is 25.2. The van der Waals surface area contributed by atoms with Gasteiger partial charge in [-0.2, -0.15) is 0 Å². The molecule has 5 rings (SSSR count). The molecule has 0 saturated carbocycles. The van der Waals surface area contributed by atoms with E-state index in [-0.39, 0.29) is 11.6 Å². The van der Waals surface area contributed by atoms with Crippen molar-refractivity contribution < 1.29 is 14.3 Å². The van der Waals surface area contributed by atoms with E-state index >= 15 is 0 Å². The molecule has 184 valence electrons. The number of hydrogen-bond donors (Lipinski definition) is 2. The smallest absolute Gasteiger partial charge is 0.309 e. The van der Waals surface area contributed by atoms with Crippen molar-refractivity contribution in [1.82, 2.24) is 30.2 Å². The Hall–Kier alpha value is -3.50. The zero-order valence-corrected chi connectivity index (χ0v) is 21.7. The van der Waals surface area contributed by atoms with E-state index in [0.29, 0.717) is 24.5 Å². The maximum absolute atomic E-state index is 11.7. The third-order valence-corrected chi connectivity index (χ3v) is 7.29. The highest BCUT2D eigenvalue weighted by Gasteiger charge is 2.28. The first-order valence-corrected chi connectivity index (χ1v) is 12.6. The fraction of sp³-hybridized carbons (Fsp3) is 0.240. The quantitative estimate of drug-likeness (QED) is 0.228. The van der Waals surface area contributed by atoms with Crippen LogP contribution in [0.5, 0.6) is 0 Å². The Balaban J connectivity index is 1.74. The number of carboxylic acids is 1. The molecule has 2 aliphatic rings. The third-order valence-electron chi connectivity index (χ3n) is 6.16. The van der Waals surface area contributed by atoms with Gasteiger partial charge in [-0.1, -0.05) is 49.2 Å². The second-order valence-corrected chi connectivity index (χ2v) is 9.52. The van der Waals surface area contributed by atoms with E-state index < -0.39 is 5.97 Å². The van der Waals surface area contributed by atoms with Crippen molar-refractivity contribution in [2.75, 3.05) is 0 Å². The summed E-state index contributed by atoms with van der Waals surface area (Å²) in [5.74, 6) is 0.345. The number of unbranched alkanes of at least 4 members (excludes halogenated alkanes) is 1. The van der Waals surface area contributed by atoms with Crippen LogP contribution in [0.15, 0.2) is 51.7 Å². The number of tetrazole rings is 1. The standard InChI is InChI=1S/C25H22BrClN6O3/c1-2-3-8-20-28-24(27)19(11-21(34)35)33(20)12-17-14-9-10-36-13-18(14)23(26)22(17)15-6-4-5-7-16(15)25-29-31-32-30-25/h4-7,9-10,13H,2-3,8,11-12H2,1H3,(H,34,35)(H,29,30,31,32). The van der Waals surface area contributed by atoms with Crippen LogP contribution in [0, 0.1) is 0 Å². The fourth-order valence-electron chi connectivity index (χ4n) is 4.52. The van der Waals surface area contributed by atoms with Gasteiger partial charge in [0.25, 0.3) is 0 Å². The summed E-state index contributed by atoms with van der Waals surface area (Å²) < 4.78 is 8.30. The molecule has 1 aliphatic heterocycles. The molecule has 0 fully saturated rings. The summed E-state index contributed by atoms with van der Waals surface area (Å²) in [5, 5.41) is 24.2. The van der Waals surface area contributed by atoms with Crippen LogP contribution in [0.1, 0.15) is 36.8 Å². The molecule has 0 radical (unpaired) electrons. The van der Waals surface area contributed by atoms with Crippen molar-refractivity contribution in [1.29, 1.82) is 0 Å². The number of hydrogen-bond acceptors (Lipinski definition) is 6. The molecule has 0 amide bonds. The summed E-state index contributed by atoms with van der Waals surface area (Å²) in [6, 6.07) is 9.76. The van der Waals surface area contributed by atoms with Gasteiger partial charge in [-0.15, -0.1) is 5.10 Å². The Morgan fingerprint density at radius 1 is 1.19 bits per heavy atom. The summed E-state index contributed by atoms with van der Waals surface area (Å²) in [6.07, 6.45) is 5.70. The van der Waals surface area contributed by atoms with Crippen LogP contribution in [-0.2, 0) is 24.2 Å². The molecule has 36 heavy (non-hydrogen) atoms. The maximum Gasteiger partial charge on any atom is 0.309 e. The Labute approximate surface area is 220 Å². The number of imidazole rings is 1. The lowest BCUT2D eigenvalue weighted by molar-refractivity contribution is -0.136. The monoisotopic (exact) mass is 568 g/mol. The summed E-state index contributed by atoms with van der Waals surface area (Å²) in [7, 11) is 0. The SMILES string of the molecule is CCCCc1nc(Cl)c(CC(=O)O)n1Cc1c2ccocc-2c(Br)c1-c1ccccc1-c1nnn[nH]1. The van der Waals surface area contributed by atoms with Crippen LogP contribution in [0.4, 0.5) is 0 Å². The van der Waals surface area contributed by atoms with E-state index in [0.717, 1.165) is 56.5 Å². The van der Waals surface area contributed by atoms with Gasteiger partial charge in [0.15, 0.2) is 11.0 Å². The number of aromatic nitrogens is 6. The maximum atomic E-state index is 11.7. The first kappa shape index (κ1) is 24.2. The molecular formula is C25H22BrClN6O3. The number of H-pyrrole nitrogens is 1. The Kier molecular flexibility index (Phi) is 6.88. The van der Waals surface area contributed by atoms with E-state index in [1.807, 2.05) is 34.9 Å². The second-order valence-electron chi connectivity index (χ2n) is 8.37. The molecule has 0 bridgehead atoms. The Bertz CT molecular complexity index is 1490. The number of nitrogens with zero attached hydrogens (tertiary/aromatic N) is 5. The number of halogens is 2. The minimum absolute atomic E-state index is 0.219. The van der Waals surface area contributed by atoms with Gasteiger partial charge in [-0.05, 0) is 55.5 Å². The first-order valence-electron chi connectivity index (χ1n) is 11.4. The molecule has 0 atom stereocenters. The molecule has 11 heteroatoms. The predicted molar refractivity (Wildman–Crippen MR) is 138 cm³/mol. The summed E-state index contributed by atoms with van der Waals surface area (Å²) in [5.41, 5.74) is 6.01. The lowest BCUT2D eigenvalue weighted by Crippen LogP contribution is -2.13. The normalized spacial score (nSPS) is 11.4. The number of rotatable bonds is 9. The van der Waals surface area contributed by atoms with Gasteiger partial charge < -0.3 is 14.1 Å². The minimum atomic E-state index is -0.962. The molecule has 9 nitrogen and oxygen atoms in total. The van der Waals surface area contributed by atoms with Gasteiger partial charge in [0.05, 0.1) is 31.2 Å². The van der Waals surface area contributed by atoms with E-state index in [4.69, 9.17) is 16.0 Å². The molecule has 0 unspecified atom stereocenters. The van der Waals surface area contributed by atoms with Gasteiger partial charge in [-0.25, -0.2) is 10.1 Å². The number of aryl methyl sites for hydroxylation is 1. The predicted octanol–water partition coefficient (Wildman–Crippen LogP) is 5.86. The van der Waals surface area contributed by atoms with Crippen molar-refractivity contribution >= 4 is 33.5 Å². The highest BCUT2D eigenvalue weighted by atomic mass is 79.9. The molecule has 2 N–H and O–H groups in total. The minimum Gasteiger partial charge on any atom is -0.481 e. The average Bonchev–Trinajstić information content (AvgIpc) is 3.57. The van der Waals surface area contributed by atoms with Gasteiger partial charge in [0.1, 0.15) is 5.82 Å². The molecule has 0 saturated heterocycles. The van der Waals surface area contributed by atoms with Crippen molar-refractivity contribution in [2.45, 2.75) is 39.2 Å². The molecular weight excluding hydrogens is 548 g/mol. The van der Waals surface area contributed by atoms with Crippen molar-refractivity contribution in [3.63, 3.8) is 0 Å². The highest BCUT2D eigenvalue weighted by Crippen LogP contribution is 2.48. The van der Waals surface area contributed by atoms with Crippen LogP contribution in [0.25, 0.3) is 33.6 Å². The van der Waals surface area contributed by atoms with Crippen molar-refractivity contribution in [2.24, 2.45) is 0 Å². The number of fused-ring (bicyclic) bond motifs is 1. The number of benzene rings is 1. The average molecular weight is 570 g/mol. The van der Waals surface area contributed by atoms with Gasteiger partial charge in [-0.3, -0.25) is 4.79 Å². The number of carbonyl (C=O) groups is 1. The van der Waals surface area contributed by atoms with Crippen LogP contribution in [0.2, 0.25) is 5.15 Å². The van der Waals surface area contributed by atoms with Crippen LogP contribution in [-0.4, -0.2) is 41.3 Å². The van der Waals surface area contributed by atoms with E-state index in [9.17, 15) is 9.90 Å². The molecule has 3 heterocycles. The van der Waals surface area contributed by atoms with E-state index in [1.165, 1.54) is 0 Å². The van der Waals surface area contributed by atoms with Crippen LogP contribution < -0.4 is 0 Å². The van der Waals surface area contributed by atoms with E-state index in [2.05, 4.69) is 48.5 Å². The van der Waals surface area contributed by atoms with Gasteiger partial charge >= 0.3 is 5.97 Å². The fourth-order valence-corrected chi connectivity index (χ4v) is 5.54. The van der Waals surface area contributed by atoms with Crippen LogP contribution in [0.3, 0.4) is 0 Å². The molecule has 1 aromatic carbocycles. The molecule has 2 aromatic heterocycles. The molecule has 3 aromatic rings. The largest absolute Gasteiger partial charge is 0.481 e. The summed E-state index contributed by atoms with van der Waals surface area (Å²) in [6.45, 7) is 2.48. The molecule has 0 spiro atoms. The molecule has 1 aliphatic carbocycles. The van der Waals surface area contributed by atoms with Crippen LogP contribution >= 0.6 is 27.5 Å². The third kappa shape index (κ3) is 4.42. The Morgan fingerprint density at radius 3 is 2.72 bits per heavy atom. The topological polar surface area (TPSA) is 123 Å². The first-order chi connectivity index (χ1) is 17.5. The van der Waals surface area contributed by atoms with Crippen molar-refractivity contribution in [3.8, 4) is 33.6 Å². The number of aliphatic carboxylic acids is 1. The highest BCUT2D eigenvalue weighted by molar-refractivity contribution is 9.10. The second kappa shape index (κ2) is 10.2. The lowest BCUT2D eigenvalue weighted by atomic mass is 9.97. The zero-order valence-electron chi connectivity index (χ0n) is 19.3. The van der Waals surface area contributed by atoms with E-state index in [1.54, 1.807) is 12.5 Å². The van der Waals surface area contributed by atoms with Crippen molar-refractivity contribution in [3.05, 3.63) is 69.6 Å². The van der Waals surface area contributed by atoms with Gasteiger partial charge in [0, 0.05) is 27.6 Å². The number of carboxylic acid groups (broad SMARTS) is 1. The Morgan fingerprint density at radius 2 is 2.00 bits per heavy atom. The number of nitrogens with one attached hydrogen (secondary N) is 1. The summed E-state index contributed by atoms with van der Waals surface area (Å²) in [4.78, 5) is 16.2. The lowest BCUT2D eigenvalue weighted by Gasteiger charge is -2.15. The number of aromatic amines is 1.